The Morgan fingerprint density at radius 2 is 2.38 bits per heavy atom. The highest BCUT2D eigenvalue weighted by Crippen LogP contribution is 2.20. The van der Waals surface area contributed by atoms with Crippen molar-refractivity contribution in [2.45, 2.75) is 13.0 Å². The van der Waals surface area contributed by atoms with Gasteiger partial charge in [-0.1, -0.05) is 0 Å². The van der Waals surface area contributed by atoms with Crippen LogP contribution >= 0.6 is 15.9 Å². The summed E-state index contributed by atoms with van der Waals surface area (Å²) in [4.78, 5) is 4.20. The molecular formula is C9H9BrN2O. The van der Waals surface area contributed by atoms with E-state index in [1.807, 2.05) is 22.7 Å². The van der Waals surface area contributed by atoms with Crippen LogP contribution in [0.2, 0.25) is 0 Å². The van der Waals surface area contributed by atoms with E-state index < -0.39 is 6.10 Å². The number of aliphatic hydroxyl groups is 1. The van der Waals surface area contributed by atoms with Crippen molar-refractivity contribution in [3.05, 3.63) is 34.7 Å². The lowest BCUT2D eigenvalue weighted by molar-refractivity contribution is 0.193. The predicted molar refractivity (Wildman–Crippen MR) is 53.5 cm³/mol. The molecule has 13 heavy (non-hydrogen) atoms. The molecule has 0 aliphatic rings. The van der Waals surface area contributed by atoms with E-state index in [2.05, 4.69) is 20.9 Å². The summed E-state index contributed by atoms with van der Waals surface area (Å²) in [7, 11) is 0. The van der Waals surface area contributed by atoms with Crippen molar-refractivity contribution in [3.63, 3.8) is 0 Å². The monoisotopic (exact) mass is 240 g/mol. The Hall–Kier alpha value is -0.870. The van der Waals surface area contributed by atoms with E-state index in [0.29, 0.717) is 0 Å². The van der Waals surface area contributed by atoms with E-state index >= 15 is 0 Å². The van der Waals surface area contributed by atoms with E-state index in [0.717, 1.165) is 15.8 Å². The zero-order chi connectivity index (χ0) is 9.42. The van der Waals surface area contributed by atoms with Gasteiger partial charge in [0.15, 0.2) is 5.65 Å². The standard InChI is InChI=1S/C9H9BrN2O/c1-6(13)8-5-11-9-7(10)3-2-4-12(8)9/h2-6,13H,1H3. The highest BCUT2D eigenvalue weighted by atomic mass is 79.9. The second kappa shape index (κ2) is 3.12. The van der Waals surface area contributed by atoms with Gasteiger partial charge in [0.05, 0.1) is 22.5 Å². The van der Waals surface area contributed by atoms with E-state index in [1.54, 1.807) is 13.1 Å². The van der Waals surface area contributed by atoms with Crippen LogP contribution in [0.25, 0.3) is 5.65 Å². The van der Waals surface area contributed by atoms with E-state index in [4.69, 9.17) is 0 Å². The minimum atomic E-state index is -0.496. The molecule has 0 saturated carbocycles. The fourth-order valence-corrected chi connectivity index (χ4v) is 1.75. The minimum absolute atomic E-state index is 0.496. The smallest absolute Gasteiger partial charge is 0.151 e. The molecular weight excluding hydrogens is 232 g/mol. The van der Waals surface area contributed by atoms with E-state index in [1.165, 1.54) is 0 Å². The molecule has 0 aliphatic heterocycles. The first-order valence-corrected chi connectivity index (χ1v) is 4.79. The SMILES string of the molecule is CC(O)c1cnc2c(Br)cccn12. The number of fused-ring (bicyclic) bond motifs is 1. The summed E-state index contributed by atoms with van der Waals surface area (Å²) in [6, 6.07) is 3.83. The maximum absolute atomic E-state index is 9.43. The molecule has 1 unspecified atom stereocenters. The number of halogens is 1. The Kier molecular flexibility index (Phi) is 2.09. The second-order valence-corrected chi connectivity index (χ2v) is 3.76. The number of hydrogen-bond donors (Lipinski definition) is 1. The fourth-order valence-electron chi connectivity index (χ4n) is 1.30. The maximum atomic E-state index is 9.43. The number of nitrogens with zero attached hydrogens (tertiary/aromatic N) is 2. The predicted octanol–water partition coefficient (Wildman–Crippen LogP) is 2.15. The van der Waals surface area contributed by atoms with Gasteiger partial charge in [0.25, 0.3) is 0 Å². The topological polar surface area (TPSA) is 37.5 Å². The van der Waals surface area contributed by atoms with Crippen LogP contribution in [0.4, 0.5) is 0 Å². The van der Waals surface area contributed by atoms with Gasteiger partial charge in [-0.15, -0.1) is 0 Å². The molecule has 0 aliphatic carbocycles. The molecule has 2 rings (SSSR count). The third kappa shape index (κ3) is 1.36. The molecule has 0 spiro atoms. The van der Waals surface area contributed by atoms with Crippen molar-refractivity contribution in [2.24, 2.45) is 0 Å². The largest absolute Gasteiger partial charge is 0.387 e. The van der Waals surface area contributed by atoms with Crippen molar-refractivity contribution in [1.29, 1.82) is 0 Å². The Morgan fingerprint density at radius 3 is 3.08 bits per heavy atom. The van der Waals surface area contributed by atoms with E-state index in [9.17, 15) is 5.11 Å². The van der Waals surface area contributed by atoms with Crippen LogP contribution in [0.3, 0.4) is 0 Å². The highest BCUT2D eigenvalue weighted by molar-refractivity contribution is 9.10. The molecule has 2 aromatic heterocycles. The maximum Gasteiger partial charge on any atom is 0.151 e. The highest BCUT2D eigenvalue weighted by Gasteiger charge is 2.08. The van der Waals surface area contributed by atoms with Crippen LogP contribution < -0.4 is 0 Å². The Labute approximate surface area is 84.2 Å². The van der Waals surface area contributed by atoms with Gasteiger partial charge in [0, 0.05) is 6.20 Å². The van der Waals surface area contributed by atoms with E-state index in [-0.39, 0.29) is 0 Å². The molecule has 2 aromatic rings. The molecule has 0 bridgehead atoms. The van der Waals surface area contributed by atoms with Gasteiger partial charge < -0.3 is 9.51 Å². The summed E-state index contributed by atoms with van der Waals surface area (Å²) in [5.41, 5.74) is 1.63. The van der Waals surface area contributed by atoms with Crippen LogP contribution in [-0.4, -0.2) is 14.5 Å². The molecule has 0 radical (unpaired) electrons. The van der Waals surface area contributed by atoms with Crippen molar-refractivity contribution in [2.75, 3.05) is 0 Å². The van der Waals surface area contributed by atoms with Gasteiger partial charge in [-0.25, -0.2) is 4.98 Å². The van der Waals surface area contributed by atoms with Gasteiger partial charge in [0.2, 0.25) is 0 Å². The lowest BCUT2D eigenvalue weighted by Gasteiger charge is -2.03. The molecule has 0 fully saturated rings. The van der Waals surface area contributed by atoms with Crippen LogP contribution in [-0.2, 0) is 0 Å². The zero-order valence-corrected chi connectivity index (χ0v) is 8.69. The van der Waals surface area contributed by atoms with Crippen LogP contribution in [0.15, 0.2) is 29.0 Å². The summed E-state index contributed by atoms with van der Waals surface area (Å²) in [6.07, 6.45) is 3.07. The first kappa shape index (κ1) is 8.72. The second-order valence-electron chi connectivity index (χ2n) is 2.91. The lowest BCUT2D eigenvalue weighted by Crippen LogP contribution is -1.96. The van der Waals surface area contributed by atoms with Gasteiger partial charge in [0.1, 0.15) is 0 Å². The number of hydrogen-bond acceptors (Lipinski definition) is 2. The lowest BCUT2D eigenvalue weighted by atomic mass is 10.3. The van der Waals surface area contributed by atoms with Gasteiger partial charge >= 0.3 is 0 Å². The molecule has 1 N–H and O–H groups in total. The average Bonchev–Trinajstić information content (AvgIpc) is 2.48. The number of aromatic nitrogens is 2. The molecule has 0 aromatic carbocycles. The first-order valence-electron chi connectivity index (χ1n) is 3.99. The van der Waals surface area contributed by atoms with Crippen LogP contribution in [0.1, 0.15) is 18.7 Å². The Bertz CT molecular complexity index is 436. The summed E-state index contributed by atoms with van der Waals surface area (Å²) in [5, 5.41) is 9.43. The van der Waals surface area contributed by atoms with Gasteiger partial charge in [-0.05, 0) is 35.0 Å². The van der Waals surface area contributed by atoms with Gasteiger partial charge in [-0.3, -0.25) is 0 Å². The number of imidazole rings is 1. The van der Waals surface area contributed by atoms with Crippen molar-refractivity contribution < 1.29 is 5.11 Å². The van der Waals surface area contributed by atoms with Gasteiger partial charge in [-0.2, -0.15) is 0 Å². The molecule has 0 saturated heterocycles. The first-order chi connectivity index (χ1) is 6.20. The molecule has 1 atom stereocenters. The molecule has 3 nitrogen and oxygen atoms in total. The minimum Gasteiger partial charge on any atom is -0.387 e. The molecule has 4 heteroatoms. The van der Waals surface area contributed by atoms with Crippen molar-refractivity contribution >= 4 is 21.6 Å². The average molecular weight is 241 g/mol. The number of aliphatic hydroxyl groups excluding tert-OH is 1. The fraction of sp³-hybridized carbons (Fsp3) is 0.222. The molecule has 68 valence electrons. The summed E-state index contributed by atoms with van der Waals surface area (Å²) in [5.74, 6) is 0. The van der Waals surface area contributed by atoms with Crippen LogP contribution in [0, 0.1) is 0 Å². The summed E-state index contributed by atoms with van der Waals surface area (Å²) >= 11 is 3.39. The number of pyridine rings is 1. The quantitative estimate of drug-likeness (QED) is 0.830. The summed E-state index contributed by atoms with van der Waals surface area (Å²) < 4.78 is 2.80. The Balaban J connectivity index is 2.75. The van der Waals surface area contributed by atoms with Crippen molar-refractivity contribution in [1.82, 2.24) is 9.38 Å². The normalized spacial score (nSPS) is 13.5. The molecule has 0 amide bonds. The number of rotatable bonds is 1. The van der Waals surface area contributed by atoms with Crippen LogP contribution in [0.5, 0.6) is 0 Å². The third-order valence-corrected chi connectivity index (χ3v) is 2.56. The van der Waals surface area contributed by atoms with Crippen molar-refractivity contribution in [3.8, 4) is 0 Å². The third-order valence-electron chi connectivity index (χ3n) is 1.94. The molecule has 2 heterocycles. The Morgan fingerprint density at radius 1 is 1.62 bits per heavy atom. The zero-order valence-electron chi connectivity index (χ0n) is 7.11. The summed E-state index contributed by atoms with van der Waals surface area (Å²) in [6.45, 7) is 1.73.